The number of hydrazone groups is 1. The third-order valence-corrected chi connectivity index (χ3v) is 2.87. The predicted molar refractivity (Wildman–Crippen MR) is 83.2 cm³/mol. The van der Waals surface area contributed by atoms with Gasteiger partial charge < -0.3 is 9.73 Å². The number of hydrogen-bond donors (Lipinski definition) is 2. The molecule has 2 N–H and O–H groups in total. The van der Waals surface area contributed by atoms with Gasteiger partial charge >= 0.3 is 0 Å². The standard InChI is InChI=1S/C13H12N4O3S/c1-14-13(21)16-15-8-11-6-7-12(20-11)9-2-4-10(5-3-9)17(18)19/h2-8H,1H3,(H2,14,16,21). The lowest BCUT2D eigenvalue weighted by atomic mass is 10.1. The third kappa shape index (κ3) is 3.86. The van der Waals surface area contributed by atoms with Crippen molar-refractivity contribution in [3.63, 3.8) is 0 Å². The molecule has 0 radical (unpaired) electrons. The van der Waals surface area contributed by atoms with E-state index in [-0.39, 0.29) is 5.69 Å². The average Bonchev–Trinajstić information content (AvgIpc) is 2.96. The number of nitro groups is 1. The minimum Gasteiger partial charge on any atom is -0.455 e. The molecule has 0 amide bonds. The smallest absolute Gasteiger partial charge is 0.269 e. The second-order valence-electron chi connectivity index (χ2n) is 3.96. The zero-order valence-electron chi connectivity index (χ0n) is 11.1. The fourth-order valence-corrected chi connectivity index (χ4v) is 1.59. The fourth-order valence-electron chi connectivity index (χ4n) is 1.54. The Labute approximate surface area is 125 Å². The summed E-state index contributed by atoms with van der Waals surface area (Å²) in [6, 6.07) is 9.62. The Morgan fingerprint density at radius 1 is 1.33 bits per heavy atom. The van der Waals surface area contributed by atoms with Crippen molar-refractivity contribution in [2.24, 2.45) is 5.10 Å². The molecule has 8 heteroatoms. The van der Waals surface area contributed by atoms with Gasteiger partial charge in [-0.1, -0.05) is 0 Å². The second kappa shape index (κ2) is 6.62. The lowest BCUT2D eigenvalue weighted by Crippen LogP contribution is -2.28. The van der Waals surface area contributed by atoms with Crippen LogP contribution in [0.1, 0.15) is 5.76 Å². The first-order valence-electron chi connectivity index (χ1n) is 5.95. The zero-order chi connectivity index (χ0) is 15.2. The molecule has 0 atom stereocenters. The van der Waals surface area contributed by atoms with Crippen molar-refractivity contribution < 1.29 is 9.34 Å². The van der Waals surface area contributed by atoms with E-state index in [0.717, 1.165) is 5.56 Å². The predicted octanol–water partition coefficient (Wildman–Crippen LogP) is 2.28. The molecular weight excluding hydrogens is 292 g/mol. The van der Waals surface area contributed by atoms with Crippen LogP contribution in [0.2, 0.25) is 0 Å². The molecule has 2 aromatic rings. The highest BCUT2D eigenvalue weighted by atomic mass is 32.1. The van der Waals surface area contributed by atoms with Crippen molar-refractivity contribution in [2.75, 3.05) is 7.05 Å². The van der Waals surface area contributed by atoms with E-state index in [1.807, 2.05) is 0 Å². The van der Waals surface area contributed by atoms with Crippen molar-refractivity contribution in [1.82, 2.24) is 10.7 Å². The number of benzene rings is 1. The first-order chi connectivity index (χ1) is 10.1. The summed E-state index contributed by atoms with van der Waals surface area (Å²) in [5, 5.41) is 17.6. The van der Waals surface area contributed by atoms with Crippen molar-refractivity contribution in [2.45, 2.75) is 0 Å². The Morgan fingerprint density at radius 3 is 2.67 bits per heavy atom. The molecule has 2 rings (SSSR count). The van der Waals surface area contributed by atoms with Crippen molar-refractivity contribution in [3.05, 3.63) is 52.3 Å². The number of non-ortho nitro benzene ring substituents is 1. The summed E-state index contributed by atoms with van der Waals surface area (Å²) in [5.41, 5.74) is 3.39. The van der Waals surface area contributed by atoms with Gasteiger partial charge in [0.05, 0.1) is 11.1 Å². The summed E-state index contributed by atoms with van der Waals surface area (Å²) in [7, 11) is 1.68. The van der Waals surface area contributed by atoms with Crippen LogP contribution in [-0.2, 0) is 0 Å². The van der Waals surface area contributed by atoms with E-state index in [2.05, 4.69) is 15.8 Å². The fraction of sp³-hybridized carbons (Fsp3) is 0.0769. The normalized spacial score (nSPS) is 10.5. The number of nitrogens with one attached hydrogen (secondary N) is 2. The molecule has 0 aliphatic carbocycles. The molecule has 1 heterocycles. The van der Waals surface area contributed by atoms with Gasteiger partial charge in [-0.05, 0) is 36.5 Å². The van der Waals surface area contributed by atoms with Crippen molar-refractivity contribution in [1.29, 1.82) is 0 Å². The zero-order valence-corrected chi connectivity index (χ0v) is 11.9. The highest BCUT2D eigenvalue weighted by Crippen LogP contribution is 2.23. The maximum atomic E-state index is 10.6. The summed E-state index contributed by atoms with van der Waals surface area (Å²) < 4.78 is 5.56. The minimum absolute atomic E-state index is 0.0388. The van der Waals surface area contributed by atoms with Crippen LogP contribution in [-0.4, -0.2) is 23.3 Å². The van der Waals surface area contributed by atoms with Crippen LogP contribution in [0, 0.1) is 10.1 Å². The first-order valence-corrected chi connectivity index (χ1v) is 6.36. The molecule has 0 fully saturated rings. The Morgan fingerprint density at radius 2 is 2.05 bits per heavy atom. The maximum absolute atomic E-state index is 10.6. The van der Waals surface area contributed by atoms with Gasteiger partial charge in [0.2, 0.25) is 0 Å². The Balaban J connectivity index is 2.09. The van der Waals surface area contributed by atoms with E-state index in [1.165, 1.54) is 18.3 Å². The highest BCUT2D eigenvalue weighted by molar-refractivity contribution is 7.80. The summed E-state index contributed by atoms with van der Waals surface area (Å²) in [5.74, 6) is 1.14. The highest BCUT2D eigenvalue weighted by Gasteiger charge is 2.07. The van der Waals surface area contributed by atoms with Crippen LogP contribution in [0.4, 0.5) is 5.69 Å². The number of nitrogens with zero attached hydrogens (tertiary/aromatic N) is 2. The van der Waals surface area contributed by atoms with Gasteiger partial charge in [-0.15, -0.1) is 0 Å². The Kier molecular flexibility index (Phi) is 4.62. The second-order valence-corrected chi connectivity index (χ2v) is 4.36. The topological polar surface area (TPSA) is 92.7 Å². The van der Waals surface area contributed by atoms with Crippen LogP contribution < -0.4 is 10.7 Å². The maximum Gasteiger partial charge on any atom is 0.269 e. The van der Waals surface area contributed by atoms with Gasteiger partial charge in [-0.25, -0.2) is 0 Å². The molecule has 0 aliphatic heterocycles. The van der Waals surface area contributed by atoms with Gasteiger partial charge in [0, 0.05) is 24.7 Å². The molecule has 0 bridgehead atoms. The molecule has 0 saturated carbocycles. The average molecular weight is 304 g/mol. The van der Waals surface area contributed by atoms with Gasteiger partial charge in [-0.2, -0.15) is 5.10 Å². The van der Waals surface area contributed by atoms with Gasteiger partial charge in [0.1, 0.15) is 11.5 Å². The van der Waals surface area contributed by atoms with E-state index in [9.17, 15) is 10.1 Å². The molecule has 0 spiro atoms. The van der Waals surface area contributed by atoms with Crippen LogP contribution in [0.5, 0.6) is 0 Å². The number of rotatable bonds is 4. The molecule has 21 heavy (non-hydrogen) atoms. The molecular formula is C13H12N4O3S. The number of nitro benzene ring substituents is 1. The molecule has 7 nitrogen and oxygen atoms in total. The molecule has 1 aromatic carbocycles. The molecule has 1 aromatic heterocycles. The van der Waals surface area contributed by atoms with E-state index < -0.39 is 4.92 Å². The van der Waals surface area contributed by atoms with E-state index >= 15 is 0 Å². The van der Waals surface area contributed by atoms with Crippen molar-refractivity contribution >= 4 is 29.2 Å². The monoisotopic (exact) mass is 304 g/mol. The summed E-state index contributed by atoms with van der Waals surface area (Å²) >= 11 is 4.86. The number of furan rings is 1. The summed E-state index contributed by atoms with van der Waals surface area (Å²) in [6.45, 7) is 0. The van der Waals surface area contributed by atoms with Crippen molar-refractivity contribution in [3.8, 4) is 11.3 Å². The quantitative estimate of drug-likeness (QED) is 0.389. The van der Waals surface area contributed by atoms with Gasteiger partial charge in [-0.3, -0.25) is 15.5 Å². The molecule has 0 aliphatic rings. The van der Waals surface area contributed by atoms with E-state index in [1.54, 1.807) is 31.3 Å². The molecule has 0 unspecified atom stereocenters. The van der Waals surface area contributed by atoms with Gasteiger partial charge in [0.15, 0.2) is 5.11 Å². The van der Waals surface area contributed by atoms with Gasteiger partial charge in [0.25, 0.3) is 5.69 Å². The summed E-state index contributed by atoms with van der Waals surface area (Å²) in [6.07, 6.45) is 1.48. The lowest BCUT2D eigenvalue weighted by Gasteiger charge is -1.98. The molecule has 108 valence electrons. The SMILES string of the molecule is CNC(=S)NN=Cc1ccc(-c2ccc([N+](=O)[O-])cc2)o1. The third-order valence-electron chi connectivity index (χ3n) is 2.57. The van der Waals surface area contributed by atoms with E-state index in [4.69, 9.17) is 16.6 Å². The number of hydrogen-bond acceptors (Lipinski definition) is 5. The largest absolute Gasteiger partial charge is 0.455 e. The van der Waals surface area contributed by atoms with E-state index in [0.29, 0.717) is 16.6 Å². The van der Waals surface area contributed by atoms with Crippen LogP contribution in [0.25, 0.3) is 11.3 Å². The Bertz CT molecular complexity index is 679. The van der Waals surface area contributed by atoms with Crippen LogP contribution >= 0.6 is 12.2 Å². The van der Waals surface area contributed by atoms with Crippen LogP contribution in [0.15, 0.2) is 45.9 Å². The minimum atomic E-state index is -0.444. The summed E-state index contributed by atoms with van der Waals surface area (Å²) in [4.78, 5) is 10.1. The first kappa shape index (κ1) is 14.7. The number of thiocarbonyl (C=S) groups is 1. The lowest BCUT2D eigenvalue weighted by molar-refractivity contribution is -0.384. The Hall–Kier alpha value is -2.74. The molecule has 0 saturated heterocycles. The van der Waals surface area contributed by atoms with Crippen LogP contribution in [0.3, 0.4) is 0 Å².